The van der Waals surface area contributed by atoms with Crippen LogP contribution >= 0.6 is 45.2 Å². The van der Waals surface area contributed by atoms with Gasteiger partial charge in [-0.25, -0.2) is 14.3 Å². The molecule has 8 nitrogen and oxygen atoms in total. The minimum atomic E-state index is -1.08. The highest BCUT2D eigenvalue weighted by Crippen LogP contribution is 2.28. The van der Waals surface area contributed by atoms with Gasteiger partial charge in [0.2, 0.25) is 0 Å². The molecule has 1 aromatic heterocycles. The van der Waals surface area contributed by atoms with Crippen LogP contribution < -0.4 is 4.74 Å². The second kappa shape index (κ2) is 7.42. The quantitative estimate of drug-likeness (QED) is 0.341. The fourth-order valence-corrected chi connectivity index (χ4v) is 3.98. The summed E-state index contributed by atoms with van der Waals surface area (Å²) in [5.74, 6) is -0.446. The molecule has 1 aromatic carbocycles. The zero-order chi connectivity index (χ0) is 17.1. The Bertz CT molecular complexity index is 775. The van der Waals surface area contributed by atoms with Gasteiger partial charge in [-0.2, -0.15) is 0 Å². The average Bonchev–Trinajstić information content (AvgIpc) is 2.82. The number of ether oxygens (including phenoxy) is 1. The molecule has 122 valence electrons. The van der Waals surface area contributed by atoms with Crippen molar-refractivity contribution in [1.82, 2.24) is 9.55 Å². The predicted molar refractivity (Wildman–Crippen MR) is 97.9 cm³/mol. The zero-order valence-corrected chi connectivity index (χ0v) is 16.1. The Kier molecular flexibility index (Phi) is 5.78. The highest BCUT2D eigenvalue weighted by atomic mass is 127. The predicted octanol–water partition coefficient (Wildman–Crippen LogP) is 3.09. The lowest BCUT2D eigenvalue weighted by atomic mass is 10.2. The number of benzene rings is 1. The van der Waals surface area contributed by atoms with Gasteiger partial charge in [-0.15, -0.1) is 0 Å². The molecule has 10 heteroatoms. The normalized spacial score (nSPS) is 10.6. The van der Waals surface area contributed by atoms with Gasteiger partial charge >= 0.3 is 11.8 Å². The topological polar surface area (TPSA) is 107 Å². The van der Waals surface area contributed by atoms with Crippen molar-refractivity contribution >= 4 is 57.0 Å². The summed E-state index contributed by atoms with van der Waals surface area (Å²) in [6, 6.07) is 3.32. The SMILES string of the molecule is Cc1ncc([N+](=O)[O-])n1CCOc1c(I)cc(I)cc1C(=O)O. The molecule has 0 aliphatic carbocycles. The number of aryl methyl sites for hydroxylation is 1. The van der Waals surface area contributed by atoms with Gasteiger partial charge in [0.15, 0.2) is 5.82 Å². The molecule has 0 fully saturated rings. The van der Waals surface area contributed by atoms with Crippen molar-refractivity contribution in [1.29, 1.82) is 0 Å². The van der Waals surface area contributed by atoms with Crippen LogP contribution in [-0.4, -0.2) is 32.2 Å². The number of nitrogens with zero attached hydrogens (tertiary/aromatic N) is 3. The molecule has 0 unspecified atom stereocenters. The summed E-state index contributed by atoms with van der Waals surface area (Å²) in [6.45, 7) is 1.95. The van der Waals surface area contributed by atoms with Crippen molar-refractivity contribution in [3.05, 3.63) is 47.0 Å². The fourth-order valence-electron chi connectivity index (χ4n) is 1.98. The number of carboxylic acids is 1. The lowest BCUT2D eigenvalue weighted by Gasteiger charge is -2.11. The second-order valence-electron chi connectivity index (χ2n) is 4.49. The average molecular weight is 543 g/mol. The largest absolute Gasteiger partial charge is 0.487 e. The second-order valence-corrected chi connectivity index (χ2v) is 6.90. The smallest absolute Gasteiger partial charge is 0.342 e. The first-order valence-electron chi connectivity index (χ1n) is 6.33. The lowest BCUT2D eigenvalue weighted by Crippen LogP contribution is -2.14. The highest BCUT2D eigenvalue weighted by molar-refractivity contribution is 14.1. The standard InChI is InChI=1S/C13H11I2N3O5/c1-7-16-6-11(18(21)22)17(7)2-3-23-12-9(13(19)20)4-8(14)5-10(12)15/h4-6H,2-3H2,1H3,(H,19,20). The Hall–Kier alpha value is -1.44. The van der Waals surface area contributed by atoms with E-state index in [2.05, 4.69) is 4.98 Å². The van der Waals surface area contributed by atoms with Gasteiger partial charge in [-0.1, -0.05) is 0 Å². The Morgan fingerprint density at radius 1 is 1.48 bits per heavy atom. The maximum atomic E-state index is 11.3. The summed E-state index contributed by atoms with van der Waals surface area (Å²) >= 11 is 4.03. The molecule has 0 saturated carbocycles. The van der Waals surface area contributed by atoms with E-state index < -0.39 is 10.9 Å². The van der Waals surface area contributed by atoms with Crippen LogP contribution in [0.25, 0.3) is 0 Å². The number of carboxylic acid groups (broad SMARTS) is 1. The highest BCUT2D eigenvalue weighted by Gasteiger charge is 2.19. The fraction of sp³-hybridized carbons (Fsp3) is 0.231. The van der Waals surface area contributed by atoms with E-state index in [9.17, 15) is 20.0 Å². The van der Waals surface area contributed by atoms with Gasteiger partial charge in [-0.05, 0) is 62.2 Å². The van der Waals surface area contributed by atoms with E-state index >= 15 is 0 Å². The molecule has 0 saturated heterocycles. The number of aromatic nitrogens is 2. The number of hydrogen-bond acceptors (Lipinski definition) is 5. The lowest BCUT2D eigenvalue weighted by molar-refractivity contribution is -0.392. The van der Waals surface area contributed by atoms with Crippen LogP contribution in [0.4, 0.5) is 5.82 Å². The van der Waals surface area contributed by atoms with Crippen molar-refractivity contribution in [2.45, 2.75) is 13.5 Å². The van der Waals surface area contributed by atoms with E-state index in [-0.39, 0.29) is 30.3 Å². The number of nitro groups is 1. The summed E-state index contributed by atoms with van der Waals surface area (Å²) in [4.78, 5) is 25.6. The summed E-state index contributed by atoms with van der Waals surface area (Å²) in [5.41, 5.74) is 0.0677. The van der Waals surface area contributed by atoms with Crippen molar-refractivity contribution in [2.24, 2.45) is 0 Å². The minimum Gasteiger partial charge on any atom is -0.487 e. The molecule has 1 heterocycles. The number of aromatic carboxylic acids is 1. The number of imidazole rings is 1. The van der Waals surface area contributed by atoms with Gasteiger partial charge in [0.05, 0.1) is 3.57 Å². The van der Waals surface area contributed by atoms with Gasteiger partial charge in [0, 0.05) is 10.5 Å². The molecule has 2 rings (SSSR count). The van der Waals surface area contributed by atoms with E-state index in [1.807, 2.05) is 45.2 Å². The number of rotatable bonds is 6. The number of carbonyl (C=O) groups is 1. The third kappa shape index (κ3) is 4.10. The number of hydrogen-bond donors (Lipinski definition) is 1. The molecule has 0 aliphatic heterocycles. The Morgan fingerprint density at radius 2 is 2.17 bits per heavy atom. The Balaban J connectivity index is 2.18. The van der Waals surface area contributed by atoms with Crippen molar-refractivity contribution in [3.63, 3.8) is 0 Å². The third-order valence-electron chi connectivity index (χ3n) is 3.02. The van der Waals surface area contributed by atoms with Crippen LogP contribution in [0.3, 0.4) is 0 Å². The third-order valence-corrected chi connectivity index (χ3v) is 4.45. The van der Waals surface area contributed by atoms with Crippen LogP contribution in [-0.2, 0) is 6.54 Å². The summed E-state index contributed by atoms with van der Waals surface area (Å²) in [6.07, 6.45) is 1.19. The van der Waals surface area contributed by atoms with E-state index in [0.717, 1.165) is 3.57 Å². The minimum absolute atomic E-state index is 0.0677. The van der Waals surface area contributed by atoms with Crippen molar-refractivity contribution in [2.75, 3.05) is 6.61 Å². The number of halogens is 2. The monoisotopic (exact) mass is 543 g/mol. The maximum Gasteiger partial charge on any atom is 0.342 e. The van der Waals surface area contributed by atoms with Crippen LogP contribution in [0.5, 0.6) is 5.75 Å². The first-order valence-corrected chi connectivity index (χ1v) is 8.48. The van der Waals surface area contributed by atoms with E-state index in [0.29, 0.717) is 9.39 Å². The van der Waals surface area contributed by atoms with E-state index in [1.165, 1.54) is 16.8 Å². The molecule has 0 atom stereocenters. The summed E-state index contributed by atoms with van der Waals surface area (Å²) < 4.78 is 8.46. The van der Waals surface area contributed by atoms with Gasteiger partial charge in [-0.3, -0.25) is 0 Å². The molecular weight excluding hydrogens is 532 g/mol. The maximum absolute atomic E-state index is 11.3. The zero-order valence-electron chi connectivity index (χ0n) is 11.8. The van der Waals surface area contributed by atoms with E-state index in [4.69, 9.17) is 4.74 Å². The van der Waals surface area contributed by atoms with Crippen LogP contribution in [0.15, 0.2) is 18.3 Å². The Morgan fingerprint density at radius 3 is 2.78 bits per heavy atom. The molecular formula is C13H11I2N3O5. The van der Waals surface area contributed by atoms with Gasteiger partial charge < -0.3 is 20.0 Å². The van der Waals surface area contributed by atoms with Crippen molar-refractivity contribution < 1.29 is 19.6 Å². The van der Waals surface area contributed by atoms with Crippen molar-refractivity contribution in [3.8, 4) is 5.75 Å². The van der Waals surface area contributed by atoms with Crippen LogP contribution in [0.2, 0.25) is 0 Å². The van der Waals surface area contributed by atoms with Gasteiger partial charge in [0.25, 0.3) is 0 Å². The summed E-state index contributed by atoms with van der Waals surface area (Å²) in [5, 5.41) is 20.2. The van der Waals surface area contributed by atoms with Gasteiger partial charge in [0.1, 0.15) is 30.7 Å². The molecule has 1 N–H and O–H groups in total. The molecule has 2 aromatic rings. The molecule has 0 amide bonds. The van der Waals surface area contributed by atoms with E-state index in [1.54, 1.807) is 13.0 Å². The molecule has 0 aliphatic rings. The molecule has 0 bridgehead atoms. The first kappa shape index (κ1) is 17.9. The molecule has 23 heavy (non-hydrogen) atoms. The Labute approximate surface area is 158 Å². The first-order chi connectivity index (χ1) is 10.8. The van der Waals surface area contributed by atoms with Crippen LogP contribution in [0.1, 0.15) is 16.2 Å². The molecule has 0 spiro atoms. The molecule has 0 radical (unpaired) electrons. The summed E-state index contributed by atoms with van der Waals surface area (Å²) in [7, 11) is 0. The van der Waals surface area contributed by atoms with Crippen LogP contribution in [0, 0.1) is 24.2 Å².